The third kappa shape index (κ3) is 3.99. The van der Waals surface area contributed by atoms with E-state index in [4.69, 9.17) is 10.5 Å². The summed E-state index contributed by atoms with van der Waals surface area (Å²) >= 11 is 0. The zero-order valence-corrected chi connectivity index (χ0v) is 17.9. The minimum atomic E-state index is -0.322. The van der Waals surface area contributed by atoms with E-state index < -0.39 is 0 Å². The number of aromatic nitrogens is 4. The second-order valence-corrected chi connectivity index (χ2v) is 8.32. The van der Waals surface area contributed by atoms with E-state index in [1.54, 1.807) is 18.6 Å². The maximum atomic E-state index is 13.0. The molecule has 0 unspecified atom stereocenters. The Morgan fingerprint density at radius 2 is 1.94 bits per heavy atom. The van der Waals surface area contributed by atoms with Gasteiger partial charge in [0.15, 0.2) is 0 Å². The van der Waals surface area contributed by atoms with Gasteiger partial charge in [0.05, 0.1) is 34.5 Å². The Labute approximate surface area is 186 Å². The van der Waals surface area contributed by atoms with Gasteiger partial charge in [-0.25, -0.2) is 9.78 Å². The first-order valence-corrected chi connectivity index (χ1v) is 10.9. The summed E-state index contributed by atoms with van der Waals surface area (Å²) in [6.45, 7) is 1.96. The van der Waals surface area contributed by atoms with Crippen LogP contribution in [0.5, 0.6) is 0 Å². The van der Waals surface area contributed by atoms with Gasteiger partial charge < -0.3 is 15.5 Å². The number of esters is 1. The SMILES string of the molecule is Cc1cccc(-c2[nH]cnc2-c2ccc3nccc(C(=O)O[C@H]4CC[C@H](N)CC4)c3c2)n1. The van der Waals surface area contributed by atoms with E-state index in [9.17, 15) is 4.79 Å². The molecule has 4 aromatic rings. The highest BCUT2D eigenvalue weighted by Gasteiger charge is 2.23. The van der Waals surface area contributed by atoms with Crippen molar-refractivity contribution >= 4 is 16.9 Å². The van der Waals surface area contributed by atoms with E-state index in [1.807, 2.05) is 43.3 Å². The van der Waals surface area contributed by atoms with Crippen molar-refractivity contribution in [2.45, 2.75) is 44.8 Å². The van der Waals surface area contributed by atoms with Crippen molar-refractivity contribution in [3.05, 3.63) is 66.2 Å². The van der Waals surface area contributed by atoms with Gasteiger partial charge in [-0.3, -0.25) is 9.97 Å². The zero-order chi connectivity index (χ0) is 22.1. The van der Waals surface area contributed by atoms with Gasteiger partial charge in [0.2, 0.25) is 0 Å². The lowest BCUT2D eigenvalue weighted by Crippen LogP contribution is -2.31. The number of nitrogens with one attached hydrogen (secondary N) is 1. The number of rotatable bonds is 4. The molecule has 0 radical (unpaired) electrons. The molecule has 7 heteroatoms. The van der Waals surface area contributed by atoms with Gasteiger partial charge in [-0.05, 0) is 62.9 Å². The highest BCUT2D eigenvalue weighted by molar-refractivity contribution is 6.04. The molecule has 162 valence electrons. The van der Waals surface area contributed by atoms with Crippen LogP contribution in [0.3, 0.4) is 0 Å². The van der Waals surface area contributed by atoms with Crippen LogP contribution < -0.4 is 5.73 Å². The summed E-state index contributed by atoms with van der Waals surface area (Å²) in [6.07, 6.45) is 6.60. The zero-order valence-electron chi connectivity index (χ0n) is 17.9. The monoisotopic (exact) mass is 427 g/mol. The maximum Gasteiger partial charge on any atom is 0.339 e. The number of carbonyl (C=O) groups excluding carboxylic acids is 1. The molecule has 1 aliphatic rings. The lowest BCUT2D eigenvalue weighted by Gasteiger charge is -2.26. The van der Waals surface area contributed by atoms with Crippen molar-refractivity contribution in [3.8, 4) is 22.6 Å². The number of imidazole rings is 1. The number of hydrogen-bond donors (Lipinski definition) is 2. The molecule has 32 heavy (non-hydrogen) atoms. The fourth-order valence-electron chi connectivity index (χ4n) is 4.28. The van der Waals surface area contributed by atoms with E-state index in [1.165, 1.54) is 0 Å². The molecule has 0 amide bonds. The second-order valence-electron chi connectivity index (χ2n) is 8.32. The van der Waals surface area contributed by atoms with Crippen LogP contribution in [-0.2, 0) is 4.74 Å². The molecular weight excluding hydrogens is 402 g/mol. The number of H-pyrrole nitrogens is 1. The van der Waals surface area contributed by atoms with Gasteiger partial charge >= 0.3 is 5.97 Å². The topological polar surface area (TPSA) is 107 Å². The minimum absolute atomic E-state index is 0.0842. The van der Waals surface area contributed by atoms with E-state index in [0.717, 1.165) is 64.9 Å². The first kappa shape index (κ1) is 20.3. The molecular formula is C25H25N5O2. The molecule has 3 heterocycles. The van der Waals surface area contributed by atoms with Crippen molar-refractivity contribution in [2.75, 3.05) is 0 Å². The number of aromatic amines is 1. The molecule has 1 aliphatic carbocycles. The smallest absolute Gasteiger partial charge is 0.339 e. The predicted octanol–water partition coefficient (Wildman–Crippen LogP) is 4.42. The standard InChI is InChI=1S/C25H25N5O2/c1-15-3-2-4-22(30-15)24-23(28-14-29-24)16-5-10-21-20(13-16)19(11-12-27-21)25(31)32-18-8-6-17(26)7-9-18/h2-5,10-14,17-18H,6-9,26H2,1H3,(H,28,29)/t17-,18-. The maximum absolute atomic E-state index is 13.0. The van der Waals surface area contributed by atoms with Crippen molar-refractivity contribution in [1.29, 1.82) is 0 Å². The number of pyridine rings is 2. The van der Waals surface area contributed by atoms with E-state index in [2.05, 4.69) is 19.9 Å². The van der Waals surface area contributed by atoms with Crippen LogP contribution in [0, 0.1) is 6.92 Å². The molecule has 1 saturated carbocycles. The number of nitrogens with zero attached hydrogens (tertiary/aromatic N) is 3. The molecule has 1 fully saturated rings. The number of hydrogen-bond acceptors (Lipinski definition) is 6. The normalized spacial score (nSPS) is 18.6. The number of ether oxygens (including phenoxy) is 1. The Balaban J connectivity index is 1.50. The van der Waals surface area contributed by atoms with Gasteiger partial charge in [0.25, 0.3) is 0 Å². The fourth-order valence-corrected chi connectivity index (χ4v) is 4.28. The lowest BCUT2D eigenvalue weighted by molar-refractivity contribution is 0.0199. The molecule has 0 aliphatic heterocycles. The highest BCUT2D eigenvalue weighted by atomic mass is 16.5. The Kier molecular flexibility index (Phi) is 5.41. The van der Waals surface area contributed by atoms with Gasteiger partial charge in [-0.15, -0.1) is 0 Å². The number of fused-ring (bicyclic) bond motifs is 1. The van der Waals surface area contributed by atoms with Crippen molar-refractivity contribution < 1.29 is 9.53 Å². The summed E-state index contributed by atoms with van der Waals surface area (Å²) in [5.41, 5.74) is 11.5. The van der Waals surface area contributed by atoms with Crippen LogP contribution in [0.1, 0.15) is 41.7 Å². The molecule has 0 atom stereocenters. The van der Waals surface area contributed by atoms with Gasteiger partial charge in [-0.1, -0.05) is 12.1 Å². The largest absolute Gasteiger partial charge is 0.459 e. The highest BCUT2D eigenvalue weighted by Crippen LogP contribution is 2.31. The molecule has 0 saturated heterocycles. The third-order valence-corrected chi connectivity index (χ3v) is 6.01. The van der Waals surface area contributed by atoms with Crippen LogP contribution in [0.4, 0.5) is 0 Å². The summed E-state index contributed by atoms with van der Waals surface area (Å²) in [6, 6.07) is 13.6. The first-order valence-electron chi connectivity index (χ1n) is 10.9. The van der Waals surface area contributed by atoms with E-state index >= 15 is 0 Å². The quantitative estimate of drug-likeness (QED) is 0.467. The number of nitrogens with two attached hydrogens (primary N) is 1. The average molecular weight is 428 g/mol. The first-order chi connectivity index (χ1) is 15.6. The van der Waals surface area contributed by atoms with E-state index in [-0.39, 0.29) is 18.1 Å². The Morgan fingerprint density at radius 3 is 2.75 bits per heavy atom. The average Bonchev–Trinajstić information content (AvgIpc) is 3.30. The van der Waals surface area contributed by atoms with Gasteiger partial charge in [-0.2, -0.15) is 0 Å². The summed E-state index contributed by atoms with van der Waals surface area (Å²) < 4.78 is 5.82. The fraction of sp³-hybridized carbons (Fsp3) is 0.280. The van der Waals surface area contributed by atoms with Crippen LogP contribution in [0.2, 0.25) is 0 Å². The Morgan fingerprint density at radius 1 is 1.09 bits per heavy atom. The molecule has 1 aromatic carbocycles. The molecule has 0 bridgehead atoms. The second kappa shape index (κ2) is 8.51. The van der Waals surface area contributed by atoms with Crippen LogP contribution in [-0.4, -0.2) is 38.1 Å². The Bertz CT molecular complexity index is 1270. The molecule has 5 rings (SSSR count). The number of benzene rings is 1. The Hall–Kier alpha value is -3.58. The lowest BCUT2D eigenvalue weighted by atomic mass is 9.93. The molecule has 0 spiro atoms. The van der Waals surface area contributed by atoms with Crippen molar-refractivity contribution in [1.82, 2.24) is 19.9 Å². The van der Waals surface area contributed by atoms with Crippen LogP contribution >= 0.6 is 0 Å². The van der Waals surface area contributed by atoms with Crippen molar-refractivity contribution in [3.63, 3.8) is 0 Å². The summed E-state index contributed by atoms with van der Waals surface area (Å²) in [4.78, 5) is 29.8. The van der Waals surface area contributed by atoms with Gasteiger partial charge in [0, 0.05) is 28.9 Å². The predicted molar refractivity (Wildman–Crippen MR) is 123 cm³/mol. The van der Waals surface area contributed by atoms with Crippen molar-refractivity contribution in [2.24, 2.45) is 5.73 Å². The third-order valence-electron chi connectivity index (χ3n) is 6.01. The number of aryl methyl sites for hydroxylation is 1. The van der Waals surface area contributed by atoms with Crippen LogP contribution in [0.15, 0.2) is 55.0 Å². The number of carbonyl (C=O) groups is 1. The van der Waals surface area contributed by atoms with E-state index in [0.29, 0.717) is 5.56 Å². The summed E-state index contributed by atoms with van der Waals surface area (Å²) in [7, 11) is 0. The molecule has 3 N–H and O–H groups in total. The van der Waals surface area contributed by atoms with Crippen LogP contribution in [0.25, 0.3) is 33.5 Å². The van der Waals surface area contributed by atoms with Gasteiger partial charge in [0.1, 0.15) is 6.10 Å². The summed E-state index contributed by atoms with van der Waals surface area (Å²) in [5.74, 6) is -0.322. The molecule has 3 aromatic heterocycles. The minimum Gasteiger partial charge on any atom is -0.459 e. The molecule has 7 nitrogen and oxygen atoms in total. The summed E-state index contributed by atoms with van der Waals surface area (Å²) in [5, 5.41) is 0.744.